The fraction of sp³-hybridized carbons (Fsp3) is 0.750. The lowest BCUT2D eigenvalue weighted by atomic mass is 9.86. The third-order valence-corrected chi connectivity index (χ3v) is 5.49. The van der Waals surface area contributed by atoms with Gasteiger partial charge < -0.3 is 15.3 Å². The number of aliphatic hydroxyl groups is 1. The number of aliphatic hydroxyl groups excluding tert-OH is 1. The average Bonchev–Trinajstić information content (AvgIpc) is 2.97. The summed E-state index contributed by atoms with van der Waals surface area (Å²) in [4.78, 5) is 19.4. The third-order valence-electron chi connectivity index (χ3n) is 4.29. The molecule has 1 aromatic heterocycles. The normalized spacial score (nSPS) is 21.6. The molecule has 0 bridgehead atoms. The summed E-state index contributed by atoms with van der Waals surface area (Å²) in [5.41, 5.74) is 0. The zero-order chi connectivity index (χ0) is 15.9. The minimum Gasteiger partial charge on any atom is -0.393 e. The number of thiazole rings is 1. The first-order valence-corrected chi connectivity index (χ1v) is 9.02. The molecule has 2 atom stereocenters. The van der Waals surface area contributed by atoms with Crippen LogP contribution in [0.2, 0.25) is 0 Å². The summed E-state index contributed by atoms with van der Waals surface area (Å²) in [6, 6.07) is -0.0648. The van der Waals surface area contributed by atoms with Gasteiger partial charge in [0.15, 0.2) is 0 Å². The largest absolute Gasteiger partial charge is 0.393 e. The van der Waals surface area contributed by atoms with Crippen molar-refractivity contribution < 1.29 is 9.90 Å². The first-order valence-electron chi connectivity index (χ1n) is 8.20. The Bertz CT molecular complexity index is 478. The standard InChI is InChI=1S/C16H27N3O2S/c1-3-13-10-18-15(22-13)8-9-17-16(21)19(2)11-12-6-4-5-7-14(12)20/h10,12,14,20H,3-9,11H2,1-2H3,(H,17,21)/t12-,14+/m1/s1. The van der Waals surface area contributed by atoms with Crippen molar-refractivity contribution in [3.05, 3.63) is 16.1 Å². The summed E-state index contributed by atoms with van der Waals surface area (Å²) in [5, 5.41) is 14.0. The van der Waals surface area contributed by atoms with Crippen molar-refractivity contribution >= 4 is 17.4 Å². The number of nitrogens with one attached hydrogen (secondary N) is 1. The maximum Gasteiger partial charge on any atom is 0.317 e. The summed E-state index contributed by atoms with van der Waals surface area (Å²) >= 11 is 1.71. The van der Waals surface area contributed by atoms with Crippen LogP contribution in [0.15, 0.2) is 6.20 Å². The molecule has 1 heterocycles. The Labute approximate surface area is 136 Å². The van der Waals surface area contributed by atoms with Crippen LogP contribution in [0.5, 0.6) is 0 Å². The SMILES string of the molecule is CCc1cnc(CCNC(=O)N(C)C[C@H]2CCCC[C@@H]2O)s1. The number of aromatic nitrogens is 1. The number of amides is 2. The molecule has 1 fully saturated rings. The summed E-state index contributed by atoms with van der Waals surface area (Å²) in [5.74, 6) is 0.218. The van der Waals surface area contributed by atoms with E-state index in [0.717, 1.165) is 43.5 Å². The van der Waals surface area contributed by atoms with Crippen molar-refractivity contribution in [1.29, 1.82) is 0 Å². The maximum absolute atomic E-state index is 12.1. The lowest BCUT2D eigenvalue weighted by Gasteiger charge is -2.31. The third kappa shape index (κ3) is 4.95. The molecular formula is C16H27N3O2S. The van der Waals surface area contributed by atoms with Crippen LogP contribution in [0.3, 0.4) is 0 Å². The Balaban J connectivity index is 1.69. The molecule has 1 aliphatic carbocycles. The van der Waals surface area contributed by atoms with Crippen LogP contribution < -0.4 is 5.32 Å². The van der Waals surface area contributed by atoms with E-state index in [4.69, 9.17) is 0 Å². The predicted octanol–water partition coefficient (Wildman–Crippen LogP) is 2.44. The second kappa shape index (κ2) is 8.48. The highest BCUT2D eigenvalue weighted by Crippen LogP contribution is 2.24. The van der Waals surface area contributed by atoms with Crippen LogP contribution in [-0.4, -0.2) is 47.3 Å². The monoisotopic (exact) mass is 325 g/mol. The van der Waals surface area contributed by atoms with Crippen molar-refractivity contribution in [3.8, 4) is 0 Å². The molecule has 6 heteroatoms. The Morgan fingerprint density at radius 3 is 2.95 bits per heavy atom. The van der Waals surface area contributed by atoms with E-state index >= 15 is 0 Å². The van der Waals surface area contributed by atoms with Gasteiger partial charge in [0, 0.05) is 43.5 Å². The van der Waals surface area contributed by atoms with Gasteiger partial charge in [0.25, 0.3) is 0 Å². The molecule has 22 heavy (non-hydrogen) atoms. The zero-order valence-electron chi connectivity index (χ0n) is 13.5. The molecule has 0 saturated heterocycles. The quantitative estimate of drug-likeness (QED) is 0.844. The number of carbonyl (C=O) groups is 1. The highest BCUT2D eigenvalue weighted by molar-refractivity contribution is 7.11. The van der Waals surface area contributed by atoms with Gasteiger partial charge in [-0.15, -0.1) is 11.3 Å². The van der Waals surface area contributed by atoms with Crippen LogP contribution in [0.25, 0.3) is 0 Å². The molecule has 1 saturated carbocycles. The van der Waals surface area contributed by atoms with Crippen LogP contribution in [0, 0.1) is 5.92 Å². The Hall–Kier alpha value is -1.14. The van der Waals surface area contributed by atoms with Gasteiger partial charge in [-0.3, -0.25) is 0 Å². The van der Waals surface area contributed by atoms with E-state index in [1.165, 1.54) is 4.88 Å². The maximum atomic E-state index is 12.1. The number of hydrogen-bond acceptors (Lipinski definition) is 4. The van der Waals surface area contributed by atoms with Crippen molar-refractivity contribution in [2.75, 3.05) is 20.1 Å². The van der Waals surface area contributed by atoms with E-state index < -0.39 is 0 Å². The molecule has 1 aromatic rings. The number of carbonyl (C=O) groups excluding carboxylic acids is 1. The van der Waals surface area contributed by atoms with E-state index in [2.05, 4.69) is 17.2 Å². The van der Waals surface area contributed by atoms with E-state index in [1.54, 1.807) is 23.3 Å². The second-order valence-corrected chi connectivity index (χ2v) is 7.25. The van der Waals surface area contributed by atoms with Crippen molar-refractivity contribution in [2.45, 2.75) is 51.6 Å². The van der Waals surface area contributed by atoms with Crippen LogP contribution in [0.4, 0.5) is 4.79 Å². The molecular weight excluding hydrogens is 298 g/mol. The van der Waals surface area contributed by atoms with Gasteiger partial charge in [0.2, 0.25) is 0 Å². The van der Waals surface area contributed by atoms with Crippen molar-refractivity contribution in [2.24, 2.45) is 5.92 Å². The van der Waals surface area contributed by atoms with Crippen LogP contribution >= 0.6 is 11.3 Å². The lowest BCUT2D eigenvalue weighted by molar-refractivity contribution is 0.0565. The molecule has 2 amide bonds. The molecule has 5 nitrogen and oxygen atoms in total. The van der Waals surface area contributed by atoms with Gasteiger partial charge in [-0.1, -0.05) is 19.8 Å². The first kappa shape index (κ1) is 17.2. The number of urea groups is 1. The number of rotatable bonds is 6. The average molecular weight is 325 g/mol. The topological polar surface area (TPSA) is 65.5 Å². The summed E-state index contributed by atoms with van der Waals surface area (Å²) < 4.78 is 0. The lowest BCUT2D eigenvalue weighted by Crippen LogP contribution is -2.43. The molecule has 0 aromatic carbocycles. The zero-order valence-corrected chi connectivity index (χ0v) is 14.4. The molecule has 2 rings (SSSR count). The van der Waals surface area contributed by atoms with Crippen LogP contribution in [-0.2, 0) is 12.8 Å². The summed E-state index contributed by atoms with van der Waals surface area (Å²) in [6.45, 7) is 3.35. The van der Waals surface area contributed by atoms with E-state index in [9.17, 15) is 9.90 Å². The number of aryl methyl sites for hydroxylation is 1. The van der Waals surface area contributed by atoms with Gasteiger partial charge in [-0.2, -0.15) is 0 Å². The molecule has 0 spiro atoms. The van der Waals surface area contributed by atoms with Crippen molar-refractivity contribution in [1.82, 2.24) is 15.2 Å². The fourth-order valence-corrected chi connectivity index (χ4v) is 3.74. The highest BCUT2D eigenvalue weighted by atomic mass is 32.1. The van der Waals surface area contributed by atoms with Crippen molar-refractivity contribution in [3.63, 3.8) is 0 Å². The van der Waals surface area contributed by atoms with Gasteiger partial charge in [0.05, 0.1) is 11.1 Å². The van der Waals surface area contributed by atoms with Gasteiger partial charge in [-0.05, 0) is 19.3 Å². The molecule has 0 unspecified atom stereocenters. The Morgan fingerprint density at radius 2 is 2.27 bits per heavy atom. The number of nitrogens with zero attached hydrogens (tertiary/aromatic N) is 2. The number of hydrogen-bond donors (Lipinski definition) is 2. The smallest absolute Gasteiger partial charge is 0.317 e. The Kier molecular flexibility index (Phi) is 6.64. The van der Waals surface area contributed by atoms with E-state index in [1.807, 2.05) is 6.20 Å². The predicted molar refractivity (Wildman–Crippen MR) is 89.2 cm³/mol. The summed E-state index contributed by atoms with van der Waals surface area (Å²) in [7, 11) is 1.80. The Morgan fingerprint density at radius 1 is 1.50 bits per heavy atom. The summed E-state index contributed by atoms with van der Waals surface area (Å²) in [6.07, 6.45) is 7.57. The second-order valence-electron chi connectivity index (χ2n) is 6.05. The first-order chi connectivity index (χ1) is 10.6. The molecule has 1 aliphatic rings. The van der Waals surface area contributed by atoms with Gasteiger partial charge >= 0.3 is 6.03 Å². The highest BCUT2D eigenvalue weighted by Gasteiger charge is 2.25. The minimum atomic E-state index is -0.258. The van der Waals surface area contributed by atoms with Gasteiger partial charge in [0.1, 0.15) is 0 Å². The molecule has 124 valence electrons. The minimum absolute atomic E-state index is 0.0648. The van der Waals surface area contributed by atoms with E-state index in [-0.39, 0.29) is 18.1 Å². The van der Waals surface area contributed by atoms with E-state index in [0.29, 0.717) is 13.1 Å². The molecule has 0 radical (unpaired) electrons. The van der Waals surface area contributed by atoms with Crippen LogP contribution in [0.1, 0.15) is 42.5 Å². The molecule has 2 N–H and O–H groups in total. The molecule has 0 aliphatic heterocycles. The fourth-order valence-electron chi connectivity index (χ4n) is 2.87. The van der Waals surface area contributed by atoms with Gasteiger partial charge in [-0.25, -0.2) is 9.78 Å².